The molecule has 130 valence electrons. The first-order chi connectivity index (χ1) is 9.59. The minimum atomic E-state index is -1.50. The lowest BCUT2D eigenvalue weighted by Crippen LogP contribution is -2.46. The van der Waals surface area contributed by atoms with Gasteiger partial charge >= 0.3 is 0 Å². The molecule has 0 aromatic rings. The third kappa shape index (κ3) is 14.5. The van der Waals surface area contributed by atoms with E-state index in [1.807, 2.05) is 13.8 Å². The third-order valence-corrected chi connectivity index (χ3v) is 2.18. The van der Waals surface area contributed by atoms with Gasteiger partial charge in [-0.1, -0.05) is 20.3 Å². The normalized spacial score (nSPS) is 26.0. The molecule has 0 unspecified atom stereocenters. The Morgan fingerprint density at radius 1 is 1.10 bits per heavy atom. The topological polar surface area (TPSA) is 88.4 Å². The van der Waals surface area contributed by atoms with E-state index in [2.05, 4.69) is 13.8 Å². The molecule has 0 bridgehead atoms. The van der Waals surface area contributed by atoms with E-state index >= 15 is 0 Å². The smallest absolute Gasteiger partial charge is 0.163 e. The van der Waals surface area contributed by atoms with Gasteiger partial charge in [-0.3, -0.25) is 0 Å². The van der Waals surface area contributed by atoms with Crippen molar-refractivity contribution in [3.63, 3.8) is 0 Å². The zero-order chi connectivity index (χ0) is 17.1. The number of ether oxygens (including phenoxy) is 3. The van der Waals surface area contributed by atoms with Gasteiger partial charge in [0.15, 0.2) is 11.6 Å². The molecule has 2 aliphatic rings. The SMILES string of the molecule is CC(C)(O)O.CC1(C)OC[C@H]2OCC[C@H]2O1.CCC.CO. The van der Waals surface area contributed by atoms with E-state index in [1.165, 1.54) is 20.3 Å². The highest BCUT2D eigenvalue weighted by molar-refractivity contribution is 4.82. The Morgan fingerprint density at radius 3 is 1.95 bits per heavy atom. The van der Waals surface area contributed by atoms with Crippen LogP contribution in [0, 0.1) is 0 Å². The van der Waals surface area contributed by atoms with E-state index in [1.54, 1.807) is 0 Å². The van der Waals surface area contributed by atoms with Crippen molar-refractivity contribution < 1.29 is 29.5 Å². The molecule has 2 heterocycles. The van der Waals surface area contributed by atoms with Crippen LogP contribution in [0.2, 0.25) is 0 Å². The first-order valence-corrected chi connectivity index (χ1v) is 7.42. The first-order valence-electron chi connectivity index (χ1n) is 7.42. The summed E-state index contributed by atoms with van der Waals surface area (Å²) in [6, 6.07) is 0. The minimum Gasteiger partial charge on any atom is -0.400 e. The summed E-state index contributed by atoms with van der Waals surface area (Å²) in [7, 11) is 1.00. The Balaban J connectivity index is 0. The summed E-state index contributed by atoms with van der Waals surface area (Å²) in [5.74, 6) is -1.91. The average molecular weight is 310 g/mol. The molecule has 0 amide bonds. The molecule has 21 heavy (non-hydrogen) atoms. The molecule has 6 heteroatoms. The van der Waals surface area contributed by atoms with Crippen molar-refractivity contribution in [3.05, 3.63) is 0 Å². The standard InChI is InChI=1S/C8H14O3.C3H8O2.C3H8.CH4O/c1-8(2)10-5-7-6(11-8)3-4-9-7;1-3(2,4)5;1-3-2;1-2/h6-7H,3-5H2,1-2H3;4-5H,1-2H3;3H2,1-2H3;2H,1H3/t6-,7-;;;/m1.../s1. The first kappa shape index (κ1) is 23.0. The summed E-state index contributed by atoms with van der Waals surface area (Å²) in [6.07, 6.45) is 2.71. The van der Waals surface area contributed by atoms with Crippen molar-refractivity contribution in [2.24, 2.45) is 0 Å². The van der Waals surface area contributed by atoms with Crippen molar-refractivity contribution in [2.75, 3.05) is 20.3 Å². The second kappa shape index (κ2) is 11.3. The summed E-state index contributed by atoms with van der Waals surface area (Å²) < 4.78 is 16.5. The van der Waals surface area contributed by atoms with Gasteiger partial charge in [0.25, 0.3) is 0 Å². The monoisotopic (exact) mass is 310 g/mol. The molecule has 0 spiro atoms. The fourth-order valence-corrected chi connectivity index (χ4v) is 1.60. The van der Waals surface area contributed by atoms with Crippen molar-refractivity contribution in [1.29, 1.82) is 0 Å². The number of aliphatic hydroxyl groups is 3. The number of hydrogen-bond acceptors (Lipinski definition) is 6. The highest BCUT2D eigenvalue weighted by Crippen LogP contribution is 2.29. The van der Waals surface area contributed by atoms with Crippen LogP contribution < -0.4 is 0 Å². The van der Waals surface area contributed by atoms with Crippen LogP contribution in [-0.2, 0) is 14.2 Å². The molecular formula is C15H34O6. The second-order valence-electron chi connectivity index (χ2n) is 5.77. The maximum Gasteiger partial charge on any atom is 0.163 e. The highest BCUT2D eigenvalue weighted by Gasteiger charge is 2.39. The van der Waals surface area contributed by atoms with E-state index < -0.39 is 11.6 Å². The van der Waals surface area contributed by atoms with Crippen molar-refractivity contribution in [2.45, 2.75) is 78.2 Å². The van der Waals surface area contributed by atoms with Gasteiger partial charge in [0.1, 0.15) is 6.10 Å². The molecule has 6 nitrogen and oxygen atoms in total. The van der Waals surface area contributed by atoms with Gasteiger partial charge in [0.05, 0.1) is 12.7 Å². The maximum absolute atomic E-state index is 8.08. The summed E-state index contributed by atoms with van der Waals surface area (Å²) >= 11 is 0. The molecule has 2 aliphatic heterocycles. The van der Waals surface area contributed by atoms with Gasteiger partial charge in [0.2, 0.25) is 0 Å². The van der Waals surface area contributed by atoms with E-state index in [-0.39, 0.29) is 12.2 Å². The molecular weight excluding hydrogens is 276 g/mol. The molecule has 0 saturated carbocycles. The van der Waals surface area contributed by atoms with Crippen LogP contribution in [0.4, 0.5) is 0 Å². The van der Waals surface area contributed by atoms with Gasteiger partial charge in [-0.15, -0.1) is 0 Å². The predicted octanol–water partition coefficient (Wildman–Crippen LogP) is 1.66. The fraction of sp³-hybridized carbons (Fsp3) is 1.00. The third-order valence-electron chi connectivity index (χ3n) is 2.18. The zero-order valence-corrected chi connectivity index (χ0v) is 14.5. The van der Waals surface area contributed by atoms with Gasteiger partial charge in [0, 0.05) is 13.7 Å². The number of hydrogen-bond donors (Lipinski definition) is 3. The molecule has 2 atom stereocenters. The zero-order valence-electron chi connectivity index (χ0n) is 14.5. The van der Waals surface area contributed by atoms with Crippen LogP contribution in [0.3, 0.4) is 0 Å². The second-order valence-corrected chi connectivity index (χ2v) is 5.77. The summed E-state index contributed by atoms with van der Waals surface area (Å²) in [6.45, 7) is 12.2. The summed E-state index contributed by atoms with van der Waals surface area (Å²) in [5, 5.41) is 23.2. The number of rotatable bonds is 0. The Hall–Kier alpha value is -0.240. The van der Waals surface area contributed by atoms with E-state index in [4.69, 9.17) is 29.5 Å². The molecule has 0 aromatic heterocycles. The van der Waals surface area contributed by atoms with Gasteiger partial charge < -0.3 is 29.5 Å². The Morgan fingerprint density at radius 2 is 1.52 bits per heavy atom. The molecule has 0 radical (unpaired) electrons. The minimum absolute atomic E-state index is 0.183. The van der Waals surface area contributed by atoms with Crippen LogP contribution in [-0.4, -0.2) is 59.4 Å². The molecule has 0 aromatic carbocycles. The van der Waals surface area contributed by atoms with Crippen LogP contribution in [0.25, 0.3) is 0 Å². The van der Waals surface area contributed by atoms with Crippen molar-refractivity contribution in [3.8, 4) is 0 Å². The predicted molar refractivity (Wildman–Crippen MR) is 81.9 cm³/mol. The number of fused-ring (bicyclic) bond motifs is 1. The van der Waals surface area contributed by atoms with Gasteiger partial charge in [-0.05, 0) is 34.1 Å². The van der Waals surface area contributed by atoms with Gasteiger partial charge in [-0.2, -0.15) is 0 Å². The van der Waals surface area contributed by atoms with Gasteiger partial charge in [-0.25, -0.2) is 0 Å². The van der Waals surface area contributed by atoms with Crippen LogP contribution in [0.5, 0.6) is 0 Å². The summed E-state index contributed by atoms with van der Waals surface area (Å²) in [5.41, 5.74) is 0. The average Bonchev–Trinajstić information content (AvgIpc) is 2.76. The summed E-state index contributed by atoms with van der Waals surface area (Å²) in [4.78, 5) is 0. The molecule has 2 saturated heterocycles. The van der Waals surface area contributed by atoms with Crippen LogP contribution in [0.1, 0.15) is 54.4 Å². The van der Waals surface area contributed by atoms with E-state index in [9.17, 15) is 0 Å². The highest BCUT2D eigenvalue weighted by atomic mass is 16.7. The lowest BCUT2D eigenvalue weighted by Gasteiger charge is -2.37. The molecule has 3 N–H and O–H groups in total. The molecule has 2 fully saturated rings. The lowest BCUT2D eigenvalue weighted by molar-refractivity contribution is -0.292. The van der Waals surface area contributed by atoms with Crippen LogP contribution >= 0.6 is 0 Å². The fourth-order valence-electron chi connectivity index (χ4n) is 1.60. The molecule has 2 rings (SSSR count). The number of aliphatic hydroxyl groups excluding tert-OH is 1. The Labute approximate surface area is 129 Å². The largest absolute Gasteiger partial charge is 0.400 e. The van der Waals surface area contributed by atoms with Crippen LogP contribution in [0.15, 0.2) is 0 Å². The Kier molecular flexibility index (Phi) is 12.4. The van der Waals surface area contributed by atoms with E-state index in [0.29, 0.717) is 6.61 Å². The Bertz CT molecular complexity index is 231. The van der Waals surface area contributed by atoms with Crippen molar-refractivity contribution >= 4 is 0 Å². The van der Waals surface area contributed by atoms with E-state index in [0.717, 1.165) is 20.1 Å². The lowest BCUT2D eigenvalue weighted by atomic mass is 10.1. The quantitative estimate of drug-likeness (QED) is 0.590. The van der Waals surface area contributed by atoms with Crippen molar-refractivity contribution in [1.82, 2.24) is 0 Å². The maximum atomic E-state index is 8.08. The molecule has 0 aliphatic carbocycles.